The van der Waals surface area contributed by atoms with Gasteiger partial charge in [0, 0.05) is 35.9 Å². The Morgan fingerprint density at radius 3 is 2.47 bits per heavy atom. The van der Waals surface area contributed by atoms with E-state index in [1.807, 2.05) is 12.1 Å². The molecule has 0 spiro atoms. The Balaban J connectivity index is 1.40. The molecule has 0 radical (unpaired) electrons. The van der Waals surface area contributed by atoms with Gasteiger partial charge >= 0.3 is 0 Å². The number of hydrogen-bond acceptors (Lipinski definition) is 5. The van der Waals surface area contributed by atoms with E-state index in [1.165, 1.54) is 22.6 Å². The second kappa shape index (κ2) is 9.32. The molecule has 0 saturated carbocycles. The van der Waals surface area contributed by atoms with Crippen LogP contribution >= 0.6 is 11.6 Å². The van der Waals surface area contributed by atoms with Gasteiger partial charge in [-0.05, 0) is 55.3 Å². The van der Waals surface area contributed by atoms with Gasteiger partial charge in [0.2, 0.25) is 15.9 Å². The predicted molar refractivity (Wildman–Crippen MR) is 120 cm³/mol. The number of rotatable bonds is 7. The van der Waals surface area contributed by atoms with Gasteiger partial charge in [0.15, 0.2) is 0 Å². The Bertz CT molecular complexity index is 1280. The monoisotopic (exact) mass is 475 g/mol. The third-order valence-electron chi connectivity index (χ3n) is 5.22. The highest BCUT2D eigenvalue weighted by Crippen LogP contribution is 2.24. The number of furan rings is 1. The van der Waals surface area contributed by atoms with Crippen LogP contribution in [0.4, 0.5) is 0 Å². The summed E-state index contributed by atoms with van der Waals surface area (Å²) in [5, 5.41) is 3.31. The van der Waals surface area contributed by atoms with E-state index >= 15 is 0 Å². The molecule has 2 aromatic heterocycles. The lowest BCUT2D eigenvalue weighted by molar-refractivity contribution is -0.122. The van der Waals surface area contributed by atoms with Gasteiger partial charge in [-0.25, -0.2) is 8.42 Å². The van der Waals surface area contributed by atoms with Crippen molar-refractivity contribution in [3.05, 3.63) is 75.9 Å². The molecule has 1 aliphatic heterocycles. The van der Waals surface area contributed by atoms with Gasteiger partial charge in [0.05, 0.1) is 11.4 Å². The molecule has 0 atom stereocenters. The lowest BCUT2D eigenvalue weighted by atomic mass is 10.2. The number of carbonyl (C=O) groups is 1. The summed E-state index contributed by atoms with van der Waals surface area (Å²) in [5.41, 5.74) is 0.401. The Hall–Kier alpha value is -2.88. The maximum absolute atomic E-state index is 12.7. The Morgan fingerprint density at radius 1 is 1.03 bits per heavy atom. The first kappa shape index (κ1) is 22.3. The third kappa shape index (κ3) is 4.95. The van der Waals surface area contributed by atoms with Crippen LogP contribution in [-0.2, 0) is 27.9 Å². The molecule has 168 valence electrons. The van der Waals surface area contributed by atoms with Crippen molar-refractivity contribution in [2.24, 2.45) is 0 Å². The summed E-state index contributed by atoms with van der Waals surface area (Å²) in [5.74, 6) is 0.746. The van der Waals surface area contributed by atoms with E-state index in [0.717, 1.165) is 23.0 Å². The van der Waals surface area contributed by atoms with Crippen molar-refractivity contribution in [3.63, 3.8) is 0 Å². The summed E-state index contributed by atoms with van der Waals surface area (Å²) < 4.78 is 33.7. The second-order valence-electron chi connectivity index (χ2n) is 7.49. The maximum atomic E-state index is 12.7. The van der Waals surface area contributed by atoms with Crippen LogP contribution in [0.1, 0.15) is 18.6 Å². The SMILES string of the molecule is O=C(Cn1cc(S(=O)(=O)N2CCCC2)ccc1=O)NCc1ccc(-c2ccc(Cl)cc2)o1. The van der Waals surface area contributed by atoms with E-state index in [0.29, 0.717) is 29.6 Å². The number of nitrogens with one attached hydrogen (secondary N) is 1. The number of pyridine rings is 1. The smallest absolute Gasteiger partial charge is 0.251 e. The predicted octanol–water partition coefficient (Wildman–Crippen LogP) is 2.86. The number of amides is 1. The van der Waals surface area contributed by atoms with Crippen molar-refractivity contribution < 1.29 is 17.6 Å². The van der Waals surface area contributed by atoms with E-state index in [9.17, 15) is 18.0 Å². The van der Waals surface area contributed by atoms with Crippen LogP contribution in [0, 0.1) is 0 Å². The van der Waals surface area contributed by atoms with Gasteiger partial charge in [-0.3, -0.25) is 9.59 Å². The fourth-order valence-electron chi connectivity index (χ4n) is 3.50. The minimum Gasteiger partial charge on any atom is -0.459 e. The van der Waals surface area contributed by atoms with Crippen molar-refractivity contribution in [1.82, 2.24) is 14.2 Å². The lowest BCUT2D eigenvalue weighted by Gasteiger charge is -2.16. The normalized spacial score (nSPS) is 14.5. The average molecular weight is 476 g/mol. The summed E-state index contributed by atoms with van der Waals surface area (Å²) >= 11 is 5.90. The highest BCUT2D eigenvalue weighted by Gasteiger charge is 2.27. The molecule has 8 nitrogen and oxygen atoms in total. The Kier molecular flexibility index (Phi) is 6.50. The number of aromatic nitrogens is 1. The summed E-state index contributed by atoms with van der Waals surface area (Å²) in [7, 11) is -3.68. The number of nitrogens with zero attached hydrogens (tertiary/aromatic N) is 2. The molecule has 32 heavy (non-hydrogen) atoms. The molecule has 0 bridgehead atoms. The molecule has 1 N–H and O–H groups in total. The molecule has 10 heteroatoms. The molecule has 0 aliphatic carbocycles. The standard InChI is InChI=1S/C22H22ClN3O5S/c23-17-5-3-16(4-6-17)20-9-7-18(31-20)13-24-21(27)15-25-14-19(8-10-22(25)28)32(29,30)26-11-1-2-12-26/h3-10,14H,1-2,11-13,15H2,(H,24,27). The van der Waals surface area contributed by atoms with E-state index in [-0.39, 0.29) is 18.0 Å². The van der Waals surface area contributed by atoms with Crippen LogP contribution in [0.15, 0.2) is 68.8 Å². The molecular formula is C22H22ClN3O5S. The number of sulfonamides is 1. The molecule has 0 unspecified atom stereocenters. The maximum Gasteiger partial charge on any atom is 0.251 e. The van der Waals surface area contributed by atoms with Gasteiger partial charge in [0.1, 0.15) is 18.1 Å². The molecule has 1 fully saturated rings. The average Bonchev–Trinajstić information content (AvgIpc) is 3.47. The minimum absolute atomic E-state index is 0.00504. The van der Waals surface area contributed by atoms with Crippen molar-refractivity contribution >= 4 is 27.5 Å². The molecule has 1 saturated heterocycles. The van der Waals surface area contributed by atoms with E-state index in [1.54, 1.807) is 24.3 Å². The van der Waals surface area contributed by atoms with Gasteiger partial charge in [-0.2, -0.15) is 4.31 Å². The van der Waals surface area contributed by atoms with Crippen LogP contribution in [0.3, 0.4) is 0 Å². The number of hydrogen-bond donors (Lipinski definition) is 1. The summed E-state index contributed by atoms with van der Waals surface area (Å²) in [4.78, 5) is 24.5. The van der Waals surface area contributed by atoms with Crippen LogP contribution in [0.5, 0.6) is 0 Å². The van der Waals surface area contributed by atoms with E-state index < -0.39 is 21.5 Å². The van der Waals surface area contributed by atoms with Crippen LogP contribution in [0.25, 0.3) is 11.3 Å². The Morgan fingerprint density at radius 2 is 1.75 bits per heavy atom. The Labute approximate surface area is 190 Å². The first-order valence-corrected chi connectivity index (χ1v) is 12.0. The quantitative estimate of drug-likeness (QED) is 0.566. The van der Waals surface area contributed by atoms with E-state index in [4.69, 9.17) is 16.0 Å². The number of benzene rings is 1. The third-order valence-corrected chi connectivity index (χ3v) is 7.36. The molecule has 3 aromatic rings. The fourth-order valence-corrected chi connectivity index (χ4v) is 5.17. The van der Waals surface area contributed by atoms with Gasteiger partial charge < -0.3 is 14.3 Å². The van der Waals surface area contributed by atoms with Crippen molar-refractivity contribution in [2.75, 3.05) is 13.1 Å². The van der Waals surface area contributed by atoms with Crippen LogP contribution in [-0.4, -0.2) is 36.3 Å². The molecule has 1 aromatic carbocycles. The number of halogens is 1. The zero-order valence-corrected chi connectivity index (χ0v) is 18.7. The van der Waals surface area contributed by atoms with E-state index in [2.05, 4.69) is 5.32 Å². The zero-order chi connectivity index (χ0) is 22.7. The first-order chi connectivity index (χ1) is 15.3. The number of carbonyl (C=O) groups excluding carboxylic acids is 1. The van der Waals surface area contributed by atoms with Crippen LogP contribution < -0.4 is 10.9 Å². The first-order valence-electron chi connectivity index (χ1n) is 10.1. The molecule has 3 heterocycles. The highest BCUT2D eigenvalue weighted by atomic mass is 35.5. The van der Waals surface area contributed by atoms with Crippen molar-refractivity contribution in [2.45, 2.75) is 30.8 Å². The molecule has 1 amide bonds. The molecular weight excluding hydrogens is 454 g/mol. The summed E-state index contributed by atoms with van der Waals surface area (Å²) in [6.07, 6.45) is 2.85. The van der Waals surface area contributed by atoms with Crippen molar-refractivity contribution in [3.8, 4) is 11.3 Å². The van der Waals surface area contributed by atoms with Gasteiger partial charge in [-0.15, -0.1) is 0 Å². The van der Waals surface area contributed by atoms with Crippen LogP contribution in [0.2, 0.25) is 5.02 Å². The summed E-state index contributed by atoms with van der Waals surface area (Å²) in [6.45, 7) is 0.756. The largest absolute Gasteiger partial charge is 0.459 e. The van der Waals surface area contributed by atoms with Crippen molar-refractivity contribution in [1.29, 1.82) is 0 Å². The van der Waals surface area contributed by atoms with Gasteiger partial charge in [-0.1, -0.05) is 11.6 Å². The summed E-state index contributed by atoms with van der Waals surface area (Å²) in [6, 6.07) is 13.2. The highest BCUT2D eigenvalue weighted by molar-refractivity contribution is 7.89. The van der Waals surface area contributed by atoms with Gasteiger partial charge in [0.25, 0.3) is 5.56 Å². The second-order valence-corrected chi connectivity index (χ2v) is 9.87. The lowest BCUT2D eigenvalue weighted by Crippen LogP contribution is -2.33. The minimum atomic E-state index is -3.68. The zero-order valence-electron chi connectivity index (χ0n) is 17.2. The molecule has 1 aliphatic rings. The fraction of sp³-hybridized carbons (Fsp3) is 0.273. The topological polar surface area (TPSA) is 102 Å². The molecule has 4 rings (SSSR count).